The molecular formula is C14H29N3O. The minimum atomic E-state index is 0.706. The smallest absolute Gasteiger partial charge is 0.0589 e. The summed E-state index contributed by atoms with van der Waals surface area (Å²) in [5.74, 6) is 0. The Morgan fingerprint density at radius 1 is 1.11 bits per heavy atom. The molecule has 2 saturated heterocycles. The lowest BCUT2D eigenvalue weighted by Gasteiger charge is -2.38. The molecule has 0 aliphatic carbocycles. The van der Waals surface area contributed by atoms with Crippen LogP contribution in [0.15, 0.2) is 0 Å². The van der Waals surface area contributed by atoms with Gasteiger partial charge in [0, 0.05) is 65.0 Å². The molecule has 0 bridgehead atoms. The number of nitrogens with zero attached hydrogens (tertiary/aromatic N) is 3. The van der Waals surface area contributed by atoms with E-state index in [0.717, 1.165) is 19.2 Å². The molecule has 2 aliphatic heterocycles. The van der Waals surface area contributed by atoms with Crippen molar-refractivity contribution in [1.29, 1.82) is 0 Å². The van der Waals surface area contributed by atoms with E-state index in [1.165, 1.54) is 45.7 Å². The number of ether oxygens (including phenoxy) is 1. The van der Waals surface area contributed by atoms with Crippen LogP contribution in [0.3, 0.4) is 0 Å². The molecule has 4 nitrogen and oxygen atoms in total. The van der Waals surface area contributed by atoms with E-state index in [1.807, 2.05) is 0 Å². The van der Waals surface area contributed by atoms with Crippen LogP contribution >= 0.6 is 0 Å². The van der Waals surface area contributed by atoms with Crippen LogP contribution in [0, 0.1) is 0 Å². The Kier molecular flexibility index (Phi) is 5.42. The SMILES string of the molecule is COCCN1CCN(C2CCN(C(C)C)C2)CC1. The average molecular weight is 255 g/mol. The molecule has 2 rings (SSSR count). The van der Waals surface area contributed by atoms with Crippen molar-refractivity contribution in [2.75, 3.05) is 59.5 Å². The van der Waals surface area contributed by atoms with Crippen LogP contribution in [0.1, 0.15) is 20.3 Å². The predicted molar refractivity (Wildman–Crippen MR) is 75.0 cm³/mol. The fraction of sp³-hybridized carbons (Fsp3) is 1.00. The molecule has 2 aliphatic rings. The van der Waals surface area contributed by atoms with Gasteiger partial charge in [-0.15, -0.1) is 0 Å². The number of methoxy groups -OCH3 is 1. The van der Waals surface area contributed by atoms with Gasteiger partial charge in [0.2, 0.25) is 0 Å². The maximum absolute atomic E-state index is 5.15. The van der Waals surface area contributed by atoms with Crippen LogP contribution in [-0.2, 0) is 4.74 Å². The summed E-state index contributed by atoms with van der Waals surface area (Å²) in [6, 6.07) is 1.51. The largest absolute Gasteiger partial charge is 0.383 e. The second-order valence-electron chi connectivity index (χ2n) is 5.90. The highest BCUT2D eigenvalue weighted by Gasteiger charge is 2.30. The first-order valence-corrected chi connectivity index (χ1v) is 7.40. The van der Waals surface area contributed by atoms with Gasteiger partial charge in [0.15, 0.2) is 0 Å². The molecule has 2 heterocycles. The van der Waals surface area contributed by atoms with Gasteiger partial charge in [-0.1, -0.05) is 0 Å². The fourth-order valence-electron chi connectivity index (χ4n) is 3.11. The summed E-state index contributed by atoms with van der Waals surface area (Å²) in [6.07, 6.45) is 1.36. The van der Waals surface area contributed by atoms with Gasteiger partial charge in [0.05, 0.1) is 6.61 Å². The topological polar surface area (TPSA) is 19.0 Å². The number of likely N-dealkylation sites (tertiary alicyclic amines) is 1. The van der Waals surface area contributed by atoms with Gasteiger partial charge in [0.1, 0.15) is 0 Å². The molecule has 1 unspecified atom stereocenters. The van der Waals surface area contributed by atoms with E-state index in [2.05, 4.69) is 28.5 Å². The molecule has 0 aromatic heterocycles. The van der Waals surface area contributed by atoms with E-state index in [4.69, 9.17) is 4.74 Å². The van der Waals surface area contributed by atoms with Crippen LogP contribution < -0.4 is 0 Å². The molecule has 106 valence electrons. The lowest BCUT2D eigenvalue weighted by Crippen LogP contribution is -2.51. The Morgan fingerprint density at radius 2 is 1.83 bits per heavy atom. The summed E-state index contributed by atoms with van der Waals surface area (Å²) < 4.78 is 5.15. The van der Waals surface area contributed by atoms with Crippen molar-refractivity contribution in [2.24, 2.45) is 0 Å². The molecule has 1 atom stereocenters. The minimum absolute atomic E-state index is 0.706. The van der Waals surface area contributed by atoms with Crippen molar-refractivity contribution >= 4 is 0 Å². The first kappa shape index (κ1) is 14.3. The van der Waals surface area contributed by atoms with E-state index in [9.17, 15) is 0 Å². The van der Waals surface area contributed by atoms with Gasteiger partial charge in [-0.05, 0) is 20.3 Å². The van der Waals surface area contributed by atoms with Crippen molar-refractivity contribution in [2.45, 2.75) is 32.4 Å². The van der Waals surface area contributed by atoms with Crippen LogP contribution in [0.25, 0.3) is 0 Å². The van der Waals surface area contributed by atoms with Crippen molar-refractivity contribution < 1.29 is 4.74 Å². The van der Waals surface area contributed by atoms with E-state index in [1.54, 1.807) is 7.11 Å². The molecule has 0 amide bonds. The molecule has 2 fully saturated rings. The quantitative estimate of drug-likeness (QED) is 0.721. The van der Waals surface area contributed by atoms with Crippen molar-refractivity contribution in [3.8, 4) is 0 Å². The summed E-state index contributed by atoms with van der Waals surface area (Å²) in [4.78, 5) is 7.84. The van der Waals surface area contributed by atoms with Gasteiger partial charge in [0.25, 0.3) is 0 Å². The van der Waals surface area contributed by atoms with Crippen LogP contribution in [-0.4, -0.2) is 86.3 Å². The molecule has 0 spiro atoms. The predicted octanol–water partition coefficient (Wildman–Crippen LogP) is 0.733. The number of rotatable bonds is 5. The number of hydrogen-bond acceptors (Lipinski definition) is 4. The number of hydrogen-bond donors (Lipinski definition) is 0. The van der Waals surface area contributed by atoms with Crippen LogP contribution in [0.5, 0.6) is 0 Å². The summed E-state index contributed by atoms with van der Waals surface area (Å²) in [6.45, 7) is 14.0. The standard InChI is InChI=1S/C14H29N3O/c1-13(2)17-5-4-14(12-17)16-8-6-15(7-9-16)10-11-18-3/h13-14H,4-12H2,1-3H3. The first-order valence-electron chi connectivity index (χ1n) is 7.40. The third-order valence-corrected chi connectivity index (χ3v) is 4.46. The van der Waals surface area contributed by atoms with Crippen molar-refractivity contribution in [3.63, 3.8) is 0 Å². The Labute approximate surface area is 112 Å². The van der Waals surface area contributed by atoms with Crippen LogP contribution in [0.2, 0.25) is 0 Å². The Hall–Kier alpha value is -0.160. The molecule has 0 radical (unpaired) electrons. The molecule has 18 heavy (non-hydrogen) atoms. The lowest BCUT2D eigenvalue weighted by atomic mass is 10.2. The van der Waals surface area contributed by atoms with Gasteiger partial charge in [-0.2, -0.15) is 0 Å². The summed E-state index contributed by atoms with van der Waals surface area (Å²) >= 11 is 0. The average Bonchev–Trinajstić information content (AvgIpc) is 2.87. The zero-order valence-corrected chi connectivity index (χ0v) is 12.3. The van der Waals surface area contributed by atoms with Gasteiger partial charge >= 0.3 is 0 Å². The zero-order chi connectivity index (χ0) is 13.0. The maximum atomic E-state index is 5.15. The van der Waals surface area contributed by atoms with E-state index in [0.29, 0.717) is 6.04 Å². The second kappa shape index (κ2) is 6.85. The Balaban J connectivity index is 1.70. The highest BCUT2D eigenvalue weighted by atomic mass is 16.5. The molecule has 0 N–H and O–H groups in total. The summed E-state index contributed by atoms with van der Waals surface area (Å²) in [5, 5.41) is 0. The molecule has 0 saturated carbocycles. The Morgan fingerprint density at radius 3 is 2.39 bits per heavy atom. The van der Waals surface area contributed by atoms with Crippen molar-refractivity contribution in [1.82, 2.24) is 14.7 Å². The van der Waals surface area contributed by atoms with E-state index in [-0.39, 0.29) is 0 Å². The normalized spacial score (nSPS) is 28.3. The summed E-state index contributed by atoms with van der Waals surface area (Å²) in [5.41, 5.74) is 0. The second-order valence-corrected chi connectivity index (χ2v) is 5.90. The molecule has 0 aromatic carbocycles. The molecule has 0 aromatic rings. The fourth-order valence-corrected chi connectivity index (χ4v) is 3.11. The minimum Gasteiger partial charge on any atom is -0.383 e. The maximum Gasteiger partial charge on any atom is 0.0589 e. The first-order chi connectivity index (χ1) is 8.70. The zero-order valence-electron chi connectivity index (χ0n) is 12.3. The summed E-state index contributed by atoms with van der Waals surface area (Å²) in [7, 11) is 1.79. The molecule has 4 heteroatoms. The Bertz CT molecular complexity index is 239. The number of piperazine rings is 1. The third-order valence-electron chi connectivity index (χ3n) is 4.46. The van der Waals surface area contributed by atoms with Gasteiger partial charge in [-0.3, -0.25) is 14.7 Å². The van der Waals surface area contributed by atoms with Crippen molar-refractivity contribution in [3.05, 3.63) is 0 Å². The lowest BCUT2D eigenvalue weighted by molar-refractivity contribution is 0.0750. The third kappa shape index (κ3) is 3.67. The monoisotopic (exact) mass is 255 g/mol. The van der Waals surface area contributed by atoms with Crippen LogP contribution in [0.4, 0.5) is 0 Å². The highest BCUT2D eigenvalue weighted by Crippen LogP contribution is 2.19. The van der Waals surface area contributed by atoms with E-state index < -0.39 is 0 Å². The van der Waals surface area contributed by atoms with Gasteiger partial charge < -0.3 is 4.74 Å². The molecular weight excluding hydrogens is 226 g/mol. The van der Waals surface area contributed by atoms with Gasteiger partial charge in [-0.25, -0.2) is 0 Å². The highest BCUT2D eigenvalue weighted by molar-refractivity contribution is 4.87. The van der Waals surface area contributed by atoms with E-state index >= 15 is 0 Å².